The molecular formula is C24H26FN5O2S. The first-order valence-electron chi connectivity index (χ1n) is 10.7. The first-order chi connectivity index (χ1) is 16.0. The van der Waals surface area contributed by atoms with E-state index in [0.29, 0.717) is 5.69 Å². The third-order valence-corrected chi connectivity index (χ3v) is 6.40. The number of nitrogens with zero attached hydrogens (tertiary/aromatic N) is 4. The fourth-order valence-corrected chi connectivity index (χ4v) is 4.30. The number of anilines is 3. The van der Waals surface area contributed by atoms with Gasteiger partial charge in [0.15, 0.2) is 0 Å². The molecule has 3 aromatic rings. The summed E-state index contributed by atoms with van der Waals surface area (Å²) >= 11 is 1.33. The fourth-order valence-electron chi connectivity index (χ4n) is 3.64. The highest BCUT2D eigenvalue weighted by atomic mass is 32.2. The number of benzene rings is 2. The van der Waals surface area contributed by atoms with E-state index in [4.69, 9.17) is 4.74 Å². The van der Waals surface area contributed by atoms with Gasteiger partial charge >= 0.3 is 0 Å². The van der Waals surface area contributed by atoms with Gasteiger partial charge in [0.05, 0.1) is 12.9 Å². The average molecular weight is 468 g/mol. The Morgan fingerprint density at radius 1 is 1.09 bits per heavy atom. The highest BCUT2D eigenvalue weighted by Crippen LogP contribution is 2.25. The van der Waals surface area contributed by atoms with Crippen molar-refractivity contribution in [1.82, 2.24) is 9.97 Å². The van der Waals surface area contributed by atoms with Crippen molar-refractivity contribution in [3.05, 3.63) is 66.2 Å². The molecule has 1 aliphatic heterocycles. The Labute approximate surface area is 197 Å². The van der Waals surface area contributed by atoms with Crippen molar-refractivity contribution in [3.8, 4) is 5.75 Å². The van der Waals surface area contributed by atoms with Gasteiger partial charge in [0.25, 0.3) is 0 Å². The summed E-state index contributed by atoms with van der Waals surface area (Å²) in [6, 6.07) is 14.3. The van der Waals surface area contributed by atoms with Gasteiger partial charge in [-0.25, -0.2) is 14.4 Å². The van der Waals surface area contributed by atoms with E-state index in [1.165, 1.54) is 30.2 Å². The summed E-state index contributed by atoms with van der Waals surface area (Å²) in [6.45, 7) is 5.23. The van der Waals surface area contributed by atoms with Crippen molar-refractivity contribution in [2.75, 3.05) is 54.2 Å². The van der Waals surface area contributed by atoms with E-state index in [1.54, 1.807) is 13.2 Å². The molecule has 7 nitrogen and oxygen atoms in total. The van der Waals surface area contributed by atoms with Crippen molar-refractivity contribution >= 4 is 34.9 Å². The van der Waals surface area contributed by atoms with E-state index in [1.807, 2.05) is 31.2 Å². The number of halogens is 1. The lowest BCUT2D eigenvalue weighted by Gasteiger charge is -2.36. The summed E-state index contributed by atoms with van der Waals surface area (Å²) in [4.78, 5) is 25.6. The van der Waals surface area contributed by atoms with Crippen molar-refractivity contribution in [2.24, 2.45) is 0 Å². The van der Waals surface area contributed by atoms with Gasteiger partial charge in [0.1, 0.15) is 28.7 Å². The van der Waals surface area contributed by atoms with Gasteiger partial charge in [-0.2, -0.15) is 0 Å². The molecule has 1 N–H and O–H groups in total. The lowest BCUT2D eigenvalue weighted by Crippen LogP contribution is -2.46. The van der Waals surface area contributed by atoms with Gasteiger partial charge < -0.3 is 19.9 Å². The zero-order valence-electron chi connectivity index (χ0n) is 18.6. The third kappa shape index (κ3) is 5.92. The predicted molar refractivity (Wildman–Crippen MR) is 130 cm³/mol. The van der Waals surface area contributed by atoms with Gasteiger partial charge in [0, 0.05) is 49.7 Å². The molecule has 0 atom stereocenters. The van der Waals surface area contributed by atoms with Gasteiger partial charge in [0.2, 0.25) is 5.91 Å². The molecule has 9 heteroatoms. The number of nitrogens with one attached hydrogen (secondary N) is 1. The zero-order chi connectivity index (χ0) is 23.2. The SMILES string of the molecule is COc1cccc(N2CCN(c3cc(SCC(=O)Nc4cc(F)ccc4C)ncn3)CC2)c1. The normalized spacial score (nSPS) is 13.7. The highest BCUT2D eigenvalue weighted by Gasteiger charge is 2.19. The summed E-state index contributed by atoms with van der Waals surface area (Å²) in [6.07, 6.45) is 1.53. The molecule has 172 valence electrons. The van der Waals surface area contributed by atoms with Gasteiger partial charge in [-0.1, -0.05) is 23.9 Å². The Balaban J connectivity index is 1.31. The molecule has 0 spiro atoms. The molecule has 1 fully saturated rings. The number of aryl methyl sites for hydroxylation is 1. The molecule has 1 amide bonds. The van der Waals surface area contributed by atoms with Crippen LogP contribution in [0.25, 0.3) is 0 Å². The molecule has 2 heterocycles. The Kier molecular flexibility index (Phi) is 7.29. The minimum atomic E-state index is -0.379. The number of hydrogen-bond donors (Lipinski definition) is 1. The molecule has 1 aliphatic rings. The molecule has 1 aromatic heterocycles. The lowest BCUT2D eigenvalue weighted by molar-refractivity contribution is -0.113. The van der Waals surface area contributed by atoms with Crippen LogP contribution < -0.4 is 19.9 Å². The van der Waals surface area contributed by atoms with Gasteiger partial charge in [-0.3, -0.25) is 4.79 Å². The maximum Gasteiger partial charge on any atom is 0.234 e. The highest BCUT2D eigenvalue weighted by molar-refractivity contribution is 7.99. The van der Waals surface area contributed by atoms with Crippen LogP contribution in [0.3, 0.4) is 0 Å². The standard InChI is InChI=1S/C24H26FN5O2S/c1-17-6-7-18(25)12-21(17)28-23(31)15-33-24-14-22(26-16-27-24)30-10-8-29(9-11-30)19-4-3-5-20(13-19)32-2/h3-7,12-14,16H,8-11,15H2,1-2H3,(H,28,31). The van der Waals surface area contributed by atoms with Crippen LogP contribution in [0, 0.1) is 12.7 Å². The smallest absolute Gasteiger partial charge is 0.234 e. The number of methoxy groups -OCH3 is 1. The molecule has 0 aliphatic carbocycles. The van der Waals surface area contributed by atoms with E-state index in [2.05, 4.69) is 31.2 Å². The lowest BCUT2D eigenvalue weighted by atomic mass is 10.2. The number of rotatable bonds is 7. The Bertz CT molecular complexity index is 1120. The van der Waals surface area contributed by atoms with Gasteiger partial charge in [-0.05, 0) is 36.8 Å². The second kappa shape index (κ2) is 10.5. The maximum atomic E-state index is 13.4. The van der Waals surface area contributed by atoms with E-state index in [9.17, 15) is 9.18 Å². The van der Waals surface area contributed by atoms with E-state index in [-0.39, 0.29) is 17.5 Å². The van der Waals surface area contributed by atoms with Crippen LogP contribution in [0.1, 0.15) is 5.56 Å². The molecule has 0 radical (unpaired) electrons. The van der Waals surface area contributed by atoms with Crippen molar-refractivity contribution in [1.29, 1.82) is 0 Å². The Hall–Kier alpha value is -3.33. The van der Waals surface area contributed by atoms with Crippen LogP contribution in [0.15, 0.2) is 59.9 Å². The number of carbonyl (C=O) groups excluding carboxylic acids is 1. The van der Waals surface area contributed by atoms with Crippen LogP contribution in [0.5, 0.6) is 5.75 Å². The van der Waals surface area contributed by atoms with Crippen LogP contribution in [0.4, 0.5) is 21.6 Å². The second-order valence-corrected chi connectivity index (χ2v) is 8.68. The number of thioether (sulfide) groups is 1. The molecule has 4 rings (SSSR count). The van der Waals surface area contributed by atoms with E-state index in [0.717, 1.165) is 54.0 Å². The number of amides is 1. The van der Waals surface area contributed by atoms with Crippen LogP contribution in [-0.2, 0) is 4.79 Å². The molecule has 0 bridgehead atoms. The summed E-state index contributed by atoms with van der Waals surface area (Å²) in [5.74, 6) is 1.29. The number of hydrogen-bond acceptors (Lipinski definition) is 7. The largest absolute Gasteiger partial charge is 0.497 e. The molecule has 1 saturated heterocycles. The number of aromatic nitrogens is 2. The first kappa shape index (κ1) is 22.8. The Morgan fingerprint density at radius 3 is 2.67 bits per heavy atom. The third-order valence-electron chi connectivity index (χ3n) is 5.47. The van der Waals surface area contributed by atoms with Crippen molar-refractivity contribution in [3.63, 3.8) is 0 Å². The fraction of sp³-hybridized carbons (Fsp3) is 0.292. The number of piperazine rings is 1. The minimum Gasteiger partial charge on any atom is -0.497 e. The van der Waals surface area contributed by atoms with Gasteiger partial charge in [-0.15, -0.1) is 0 Å². The quantitative estimate of drug-likeness (QED) is 0.416. The average Bonchev–Trinajstić information content (AvgIpc) is 2.85. The maximum absolute atomic E-state index is 13.4. The van der Waals surface area contributed by atoms with Crippen LogP contribution in [0.2, 0.25) is 0 Å². The molecular weight excluding hydrogens is 441 g/mol. The van der Waals surface area contributed by atoms with Crippen molar-refractivity contribution in [2.45, 2.75) is 11.9 Å². The van der Waals surface area contributed by atoms with E-state index < -0.39 is 0 Å². The molecule has 0 unspecified atom stereocenters. The molecule has 0 saturated carbocycles. The Morgan fingerprint density at radius 2 is 1.88 bits per heavy atom. The van der Waals surface area contributed by atoms with Crippen molar-refractivity contribution < 1.29 is 13.9 Å². The van der Waals surface area contributed by atoms with Crippen LogP contribution >= 0.6 is 11.8 Å². The topological polar surface area (TPSA) is 70.6 Å². The van der Waals surface area contributed by atoms with Crippen LogP contribution in [-0.4, -0.2) is 54.9 Å². The molecule has 33 heavy (non-hydrogen) atoms. The summed E-state index contributed by atoms with van der Waals surface area (Å²) in [7, 11) is 1.67. The summed E-state index contributed by atoms with van der Waals surface area (Å²) in [5, 5.41) is 3.48. The molecule has 2 aromatic carbocycles. The first-order valence-corrected chi connectivity index (χ1v) is 11.6. The number of carbonyl (C=O) groups is 1. The minimum absolute atomic E-state index is 0.177. The summed E-state index contributed by atoms with van der Waals surface area (Å²) < 4.78 is 18.8. The number of ether oxygens (including phenoxy) is 1. The van der Waals surface area contributed by atoms with E-state index >= 15 is 0 Å². The predicted octanol–water partition coefficient (Wildman–Crippen LogP) is 3.99. The zero-order valence-corrected chi connectivity index (χ0v) is 19.4. The monoisotopic (exact) mass is 467 g/mol. The summed E-state index contributed by atoms with van der Waals surface area (Å²) in [5.41, 5.74) is 2.44. The second-order valence-electron chi connectivity index (χ2n) is 7.69.